The molecule has 0 amide bonds. The van der Waals surface area contributed by atoms with E-state index in [1.807, 2.05) is 36.4 Å². The quantitative estimate of drug-likeness (QED) is 0.0797. The molecule has 2 saturated heterocycles. The predicted molar refractivity (Wildman–Crippen MR) is 200 cm³/mol. The summed E-state index contributed by atoms with van der Waals surface area (Å²) in [5, 5.41) is 94.4. The minimum absolute atomic E-state index is 0.0967. The molecule has 0 unspecified atom stereocenters. The van der Waals surface area contributed by atoms with Gasteiger partial charge in [0, 0.05) is 34.7 Å². The first-order valence-corrected chi connectivity index (χ1v) is 18.5. The minimum atomic E-state index is -2.55. The number of hydrogen-bond donors (Lipinski definition) is 8. The second kappa shape index (κ2) is 14.4. The highest BCUT2D eigenvalue weighted by atomic mass is 32.2. The largest absolute Gasteiger partial charge is 0.423 e. The van der Waals surface area contributed by atoms with Crippen molar-refractivity contribution in [3.05, 3.63) is 117 Å². The number of ether oxygens (including phenoxy) is 2. The first-order chi connectivity index (χ1) is 26.4. The molecule has 0 saturated carbocycles. The van der Waals surface area contributed by atoms with E-state index in [2.05, 4.69) is 0 Å². The fourth-order valence-electron chi connectivity index (χ4n) is 7.84. The first-order valence-electron chi connectivity index (χ1n) is 17.6. The van der Waals surface area contributed by atoms with Crippen LogP contribution in [0.25, 0.3) is 43.5 Å². The van der Waals surface area contributed by atoms with Crippen LogP contribution in [0.4, 0.5) is 0 Å². The van der Waals surface area contributed by atoms with Crippen molar-refractivity contribution in [1.29, 1.82) is 0 Å². The summed E-state index contributed by atoms with van der Waals surface area (Å²) in [7, 11) is 0. The molecule has 2 aromatic heterocycles. The molecule has 4 aromatic carbocycles. The summed E-state index contributed by atoms with van der Waals surface area (Å²) in [4.78, 5) is 26.4. The van der Waals surface area contributed by atoms with E-state index in [1.54, 1.807) is 36.4 Å². The van der Waals surface area contributed by atoms with E-state index in [0.29, 0.717) is 22.5 Å². The second-order valence-corrected chi connectivity index (χ2v) is 15.4. The highest BCUT2D eigenvalue weighted by Gasteiger charge is 2.59. The molecule has 0 bridgehead atoms. The van der Waals surface area contributed by atoms with E-state index in [9.17, 15) is 50.4 Å². The molecule has 6 aromatic rings. The summed E-state index contributed by atoms with van der Waals surface area (Å²) < 4.78 is 22.7. The summed E-state index contributed by atoms with van der Waals surface area (Å²) in [5.74, 6) is 0. The van der Waals surface area contributed by atoms with Crippen LogP contribution in [-0.2, 0) is 22.3 Å². The fourth-order valence-corrected chi connectivity index (χ4v) is 9.28. The zero-order valence-corrected chi connectivity index (χ0v) is 29.8. The molecule has 2 aliphatic heterocycles. The number of benzene rings is 4. The van der Waals surface area contributed by atoms with E-state index in [1.165, 1.54) is 12.1 Å². The molecule has 2 fully saturated rings. The number of rotatable bonds is 8. The topological polar surface area (TPSA) is 241 Å². The predicted octanol–water partition coefficient (Wildman–Crippen LogP) is 1.06. The van der Waals surface area contributed by atoms with Crippen LogP contribution in [-0.4, -0.2) is 113 Å². The van der Waals surface area contributed by atoms with E-state index in [0.717, 1.165) is 21.5 Å². The van der Waals surface area contributed by atoms with Crippen molar-refractivity contribution in [2.45, 2.75) is 71.5 Å². The third-order valence-corrected chi connectivity index (χ3v) is 12.2. The van der Waals surface area contributed by atoms with Crippen molar-refractivity contribution in [2.75, 3.05) is 13.2 Å². The van der Waals surface area contributed by atoms with Gasteiger partial charge in [-0.25, -0.2) is 9.59 Å². The standard InChI is InChI=1S/C40H38O14S/c41-17-29-31(43)39(49,15-21-13-25-23-7-3-1-5-19(23)9-11-27(25)51-35(21)47)33(45)37(53-29)55-38-34(46)40(50,32(44)30(18-42)54-38)16-22-14-26-24-8-4-2-6-20(24)10-12-28(26)52-36(22)48/h1-14,29-34,37-38,41-46,49-50H,15-18H2/t29-,30-,31+,32+,33+,34+,37+,38+,39+,40+/m1/s1. The SMILES string of the molecule is O=c1oc2ccc3ccccc3c2cc1C[C@]1(O)[C@@H](O)[C@@H](CO)O[C@@H](S[C@@H]2O[C@H](CO)[C@H](O)[C@@](O)(Cc3cc4c(ccc5ccccc54)oc3=O)[C@H]2O)[C@@H]1O. The van der Waals surface area contributed by atoms with Crippen LogP contribution < -0.4 is 11.3 Å². The maximum absolute atomic E-state index is 13.2. The summed E-state index contributed by atoms with van der Waals surface area (Å²) in [6, 6.07) is 24.5. The van der Waals surface area contributed by atoms with Gasteiger partial charge in [-0.2, -0.15) is 0 Å². The van der Waals surface area contributed by atoms with Crippen LogP contribution in [0.15, 0.2) is 103 Å². The monoisotopic (exact) mass is 774 g/mol. The van der Waals surface area contributed by atoms with Gasteiger partial charge < -0.3 is 59.2 Å². The molecule has 15 heteroatoms. The second-order valence-electron chi connectivity index (χ2n) is 14.2. The molecule has 0 aliphatic carbocycles. The van der Waals surface area contributed by atoms with E-state index in [4.69, 9.17) is 18.3 Å². The molecule has 10 atom stereocenters. The maximum Gasteiger partial charge on any atom is 0.339 e. The van der Waals surface area contributed by atoms with Gasteiger partial charge in [-0.15, -0.1) is 0 Å². The normalized spacial score (nSPS) is 31.4. The van der Waals surface area contributed by atoms with Crippen LogP contribution in [0, 0.1) is 0 Å². The molecule has 2 aliphatic rings. The zero-order valence-electron chi connectivity index (χ0n) is 29.0. The zero-order chi connectivity index (χ0) is 38.8. The van der Waals surface area contributed by atoms with E-state index < -0.39 is 96.0 Å². The number of aliphatic hydroxyl groups excluding tert-OH is 6. The van der Waals surface area contributed by atoms with Gasteiger partial charge >= 0.3 is 11.3 Å². The molecule has 288 valence electrons. The number of fused-ring (bicyclic) bond motifs is 6. The Bertz CT molecular complexity index is 2350. The summed E-state index contributed by atoms with van der Waals surface area (Å²) in [6.45, 7) is -1.68. The smallest absolute Gasteiger partial charge is 0.339 e. The molecule has 14 nitrogen and oxygen atoms in total. The van der Waals surface area contributed by atoms with Gasteiger partial charge in [0.2, 0.25) is 0 Å². The first kappa shape index (κ1) is 37.7. The van der Waals surface area contributed by atoms with Gasteiger partial charge in [-0.05, 0) is 45.8 Å². The molecule has 0 spiro atoms. The molecule has 55 heavy (non-hydrogen) atoms. The van der Waals surface area contributed by atoms with Crippen LogP contribution >= 0.6 is 11.8 Å². The third kappa shape index (κ3) is 6.35. The number of hydrogen-bond acceptors (Lipinski definition) is 15. The lowest BCUT2D eigenvalue weighted by atomic mass is 9.80. The Balaban J connectivity index is 1.11. The van der Waals surface area contributed by atoms with Crippen LogP contribution in [0.5, 0.6) is 0 Å². The lowest BCUT2D eigenvalue weighted by Gasteiger charge is -2.51. The summed E-state index contributed by atoms with van der Waals surface area (Å²) >= 11 is 0.531. The fraction of sp³-hybridized carbons (Fsp3) is 0.350. The van der Waals surface area contributed by atoms with Gasteiger partial charge in [0.05, 0.1) is 13.2 Å². The minimum Gasteiger partial charge on any atom is -0.423 e. The average molecular weight is 775 g/mol. The average Bonchev–Trinajstić information content (AvgIpc) is 3.19. The Kier molecular flexibility index (Phi) is 9.84. The molecule has 0 radical (unpaired) electrons. The molecular formula is C40H38O14S. The highest BCUT2D eigenvalue weighted by molar-refractivity contribution is 8.00. The molecule has 8 rings (SSSR count). The third-order valence-electron chi connectivity index (χ3n) is 10.9. The Morgan fingerprint density at radius 3 is 1.35 bits per heavy atom. The summed E-state index contributed by atoms with van der Waals surface area (Å²) in [5.41, 5.74) is -9.61. The van der Waals surface area contributed by atoms with Crippen molar-refractivity contribution in [1.82, 2.24) is 0 Å². The Morgan fingerprint density at radius 1 is 0.545 bits per heavy atom. The number of thioether (sulfide) groups is 1. The lowest BCUT2D eigenvalue weighted by Crippen LogP contribution is -2.70. The van der Waals surface area contributed by atoms with E-state index >= 15 is 0 Å². The molecule has 8 N–H and O–H groups in total. The van der Waals surface area contributed by atoms with Crippen LogP contribution in [0.2, 0.25) is 0 Å². The van der Waals surface area contributed by atoms with Gasteiger partial charge in [-0.3, -0.25) is 0 Å². The van der Waals surface area contributed by atoms with Crippen molar-refractivity contribution in [2.24, 2.45) is 0 Å². The number of aliphatic hydroxyl groups is 8. The van der Waals surface area contributed by atoms with Crippen molar-refractivity contribution >= 4 is 55.2 Å². The van der Waals surface area contributed by atoms with Gasteiger partial charge in [0.15, 0.2) is 0 Å². The Morgan fingerprint density at radius 2 is 0.945 bits per heavy atom. The Hall–Kier alpha value is -4.23. The van der Waals surface area contributed by atoms with Crippen molar-refractivity contribution in [3.63, 3.8) is 0 Å². The maximum atomic E-state index is 13.2. The van der Waals surface area contributed by atoms with E-state index in [-0.39, 0.29) is 22.3 Å². The van der Waals surface area contributed by atoms with Crippen LogP contribution in [0.1, 0.15) is 11.1 Å². The lowest BCUT2D eigenvalue weighted by molar-refractivity contribution is -0.263. The molecular weight excluding hydrogens is 736 g/mol. The van der Waals surface area contributed by atoms with Gasteiger partial charge in [0.25, 0.3) is 0 Å². The highest BCUT2D eigenvalue weighted by Crippen LogP contribution is 2.44. The van der Waals surface area contributed by atoms with Crippen molar-refractivity contribution in [3.8, 4) is 0 Å². The van der Waals surface area contributed by atoms with Gasteiger partial charge in [0.1, 0.15) is 69.9 Å². The van der Waals surface area contributed by atoms with Crippen molar-refractivity contribution < 1.29 is 59.2 Å². The van der Waals surface area contributed by atoms with Gasteiger partial charge in [-0.1, -0.05) is 72.4 Å². The summed E-state index contributed by atoms with van der Waals surface area (Å²) in [6.07, 6.45) is -12.3. The Labute approximate surface area is 315 Å². The van der Waals surface area contributed by atoms with Crippen LogP contribution in [0.3, 0.4) is 0 Å². The molecule has 4 heterocycles.